The fourth-order valence-electron chi connectivity index (χ4n) is 4.84. The lowest BCUT2D eigenvalue weighted by molar-refractivity contribution is -0.137. The molecule has 0 spiro atoms. The van der Waals surface area contributed by atoms with Crippen LogP contribution >= 0.6 is 0 Å². The molecular formula is C26H24F4N6O4S. The van der Waals surface area contributed by atoms with Crippen molar-refractivity contribution in [3.8, 4) is 11.3 Å². The van der Waals surface area contributed by atoms with Crippen LogP contribution in [0, 0.1) is 5.82 Å². The summed E-state index contributed by atoms with van der Waals surface area (Å²) in [5.41, 5.74) is 7.09. The van der Waals surface area contributed by atoms with Crippen LogP contribution in [0.4, 0.5) is 28.2 Å². The largest absolute Gasteiger partial charge is 0.465 e. The average Bonchev–Trinajstić information content (AvgIpc) is 3.32. The van der Waals surface area contributed by atoms with E-state index in [-0.39, 0.29) is 31.0 Å². The number of amides is 1. The Balaban J connectivity index is 1.39. The van der Waals surface area contributed by atoms with Crippen LogP contribution in [0.3, 0.4) is 0 Å². The second-order valence-electron chi connectivity index (χ2n) is 9.60. The molecule has 2 aromatic heterocycles. The third-order valence-corrected chi connectivity index (χ3v) is 8.25. The van der Waals surface area contributed by atoms with E-state index in [4.69, 9.17) is 10.8 Å². The number of rotatable bonds is 6. The monoisotopic (exact) mass is 592 g/mol. The molecule has 1 aliphatic heterocycles. The summed E-state index contributed by atoms with van der Waals surface area (Å²) in [6.45, 7) is 0.435. The van der Waals surface area contributed by atoms with E-state index >= 15 is 0 Å². The van der Waals surface area contributed by atoms with Gasteiger partial charge in [-0.3, -0.25) is 4.68 Å². The maximum absolute atomic E-state index is 13.7. The first-order valence-corrected chi connectivity index (χ1v) is 13.9. The van der Waals surface area contributed by atoms with Crippen molar-refractivity contribution in [2.45, 2.75) is 36.5 Å². The molecule has 15 heteroatoms. The smallest absolute Gasteiger partial charge is 0.416 e. The molecule has 4 aromatic rings. The van der Waals surface area contributed by atoms with Crippen LogP contribution in [0.2, 0.25) is 0 Å². The van der Waals surface area contributed by atoms with Crippen molar-refractivity contribution in [2.75, 3.05) is 18.8 Å². The van der Waals surface area contributed by atoms with Crippen LogP contribution in [-0.4, -0.2) is 52.4 Å². The van der Waals surface area contributed by atoms with Gasteiger partial charge < -0.3 is 15.7 Å². The molecule has 2 aromatic carbocycles. The highest BCUT2D eigenvalue weighted by atomic mass is 32.2. The Labute approximate surface area is 231 Å². The van der Waals surface area contributed by atoms with Gasteiger partial charge in [0.15, 0.2) is 0 Å². The minimum absolute atomic E-state index is 0.215. The number of carbonyl (C=O) groups is 1. The lowest BCUT2D eigenvalue weighted by Gasteiger charge is -2.31. The molecule has 0 unspecified atom stereocenters. The highest BCUT2D eigenvalue weighted by molar-refractivity contribution is 7.89. The molecular weight excluding hydrogens is 568 g/mol. The molecule has 0 saturated carbocycles. The first kappa shape index (κ1) is 28.3. The van der Waals surface area contributed by atoms with Gasteiger partial charge in [-0.1, -0.05) is 24.3 Å². The maximum Gasteiger partial charge on any atom is 0.416 e. The number of pyridine rings is 1. The van der Waals surface area contributed by atoms with Gasteiger partial charge in [0.25, 0.3) is 0 Å². The number of carboxylic acid groups (broad SMARTS) is 1. The summed E-state index contributed by atoms with van der Waals surface area (Å²) in [7, 11) is -4.46. The van der Waals surface area contributed by atoms with Gasteiger partial charge in [0.05, 0.1) is 27.4 Å². The zero-order chi connectivity index (χ0) is 29.5. The van der Waals surface area contributed by atoms with Gasteiger partial charge in [0.2, 0.25) is 10.0 Å². The van der Waals surface area contributed by atoms with E-state index in [2.05, 4.69) is 9.71 Å². The number of aromatic nitrogens is 3. The maximum atomic E-state index is 13.7. The van der Waals surface area contributed by atoms with Crippen LogP contribution in [-0.2, 0) is 22.7 Å². The molecule has 41 heavy (non-hydrogen) atoms. The van der Waals surface area contributed by atoms with Crippen LogP contribution in [0.5, 0.6) is 0 Å². The first-order chi connectivity index (χ1) is 19.3. The second-order valence-corrected chi connectivity index (χ2v) is 11.4. The van der Waals surface area contributed by atoms with Gasteiger partial charge in [0, 0.05) is 31.4 Å². The van der Waals surface area contributed by atoms with Gasteiger partial charge in [-0.15, -0.1) is 0 Å². The Morgan fingerprint density at radius 3 is 2.56 bits per heavy atom. The third kappa shape index (κ3) is 5.81. The van der Waals surface area contributed by atoms with Gasteiger partial charge in [-0.2, -0.15) is 18.3 Å². The zero-order valence-electron chi connectivity index (χ0n) is 21.3. The van der Waals surface area contributed by atoms with Crippen molar-refractivity contribution in [3.05, 3.63) is 71.7 Å². The Hall–Kier alpha value is -4.24. The number of hydrogen-bond donors (Lipinski definition) is 3. The van der Waals surface area contributed by atoms with E-state index in [0.29, 0.717) is 52.8 Å². The van der Waals surface area contributed by atoms with Crippen molar-refractivity contribution in [2.24, 2.45) is 0 Å². The number of likely N-dealkylation sites (tertiary alicyclic amines) is 1. The van der Waals surface area contributed by atoms with Gasteiger partial charge >= 0.3 is 12.3 Å². The van der Waals surface area contributed by atoms with Crippen molar-refractivity contribution < 1.29 is 35.9 Å². The van der Waals surface area contributed by atoms with E-state index in [9.17, 15) is 35.9 Å². The minimum atomic E-state index is -4.91. The number of sulfonamides is 1. The Kier molecular flexibility index (Phi) is 7.33. The minimum Gasteiger partial charge on any atom is -0.465 e. The van der Waals surface area contributed by atoms with E-state index in [1.54, 1.807) is 41.2 Å². The number of nitrogens with one attached hydrogen (secondary N) is 1. The molecule has 1 amide bonds. The van der Waals surface area contributed by atoms with Crippen LogP contribution in [0.15, 0.2) is 59.6 Å². The number of anilines is 1. The molecule has 1 fully saturated rings. The molecule has 0 radical (unpaired) electrons. The average molecular weight is 593 g/mol. The number of fused-ring (bicyclic) bond motifs is 1. The molecule has 0 bridgehead atoms. The van der Waals surface area contributed by atoms with Crippen LogP contribution in [0.25, 0.3) is 22.2 Å². The number of nitrogens with zero attached hydrogens (tertiary/aromatic N) is 4. The fraction of sp³-hybridized carbons (Fsp3) is 0.269. The quantitative estimate of drug-likeness (QED) is 0.277. The molecule has 216 valence electrons. The third-order valence-electron chi connectivity index (χ3n) is 6.87. The molecule has 5 rings (SSSR count). The molecule has 4 N–H and O–H groups in total. The van der Waals surface area contributed by atoms with E-state index in [0.717, 1.165) is 6.42 Å². The van der Waals surface area contributed by atoms with E-state index in [1.165, 1.54) is 4.90 Å². The number of nitrogen functional groups attached to an aromatic ring is 1. The van der Waals surface area contributed by atoms with Crippen molar-refractivity contribution in [1.82, 2.24) is 24.4 Å². The van der Waals surface area contributed by atoms with E-state index in [1.807, 2.05) is 0 Å². The number of hydrogen-bond acceptors (Lipinski definition) is 6. The molecule has 1 saturated heterocycles. The molecule has 1 atom stereocenters. The number of alkyl halides is 3. The lowest BCUT2D eigenvalue weighted by atomic mass is 10.1. The van der Waals surface area contributed by atoms with Gasteiger partial charge in [0.1, 0.15) is 17.3 Å². The normalized spacial score (nSPS) is 16.3. The Bertz CT molecular complexity index is 1720. The van der Waals surface area contributed by atoms with Crippen molar-refractivity contribution in [1.29, 1.82) is 0 Å². The molecule has 1 aliphatic rings. The van der Waals surface area contributed by atoms with Gasteiger partial charge in [-0.25, -0.2) is 27.3 Å². The standard InChI is InChI=1S/C26H24F4N6O4S/c27-18-10-17(26(28,29)30)11-20(12-18)41(39,40)33-13-15-3-5-16(6-4-15)23-22-21(7-8-32-24(22)31)36(34-23)19-2-1-9-35(14-19)25(37)38/h3-8,10-12,19,33H,1-2,9,13-14H2,(H2,31,32)(H,37,38)/t19-/m1/s1. The summed E-state index contributed by atoms with van der Waals surface area (Å²) in [5, 5.41) is 14.8. The summed E-state index contributed by atoms with van der Waals surface area (Å²) in [4.78, 5) is 16.2. The highest BCUT2D eigenvalue weighted by Crippen LogP contribution is 2.35. The van der Waals surface area contributed by atoms with Crippen LogP contribution in [0.1, 0.15) is 30.0 Å². The summed E-state index contributed by atoms with van der Waals surface area (Å²) < 4.78 is 81.9. The summed E-state index contributed by atoms with van der Waals surface area (Å²) in [6, 6.07) is 9.21. The second kappa shape index (κ2) is 10.6. The number of halogens is 4. The lowest BCUT2D eigenvalue weighted by Crippen LogP contribution is -2.40. The first-order valence-electron chi connectivity index (χ1n) is 12.4. The summed E-state index contributed by atoms with van der Waals surface area (Å²) in [6.07, 6.45) is -2.98. The van der Waals surface area contributed by atoms with Crippen LogP contribution < -0.4 is 10.5 Å². The number of nitrogens with two attached hydrogens (primary N) is 1. The summed E-state index contributed by atoms with van der Waals surface area (Å²) in [5.74, 6) is -1.09. The molecule has 10 nitrogen and oxygen atoms in total. The topological polar surface area (TPSA) is 143 Å². The van der Waals surface area contributed by atoms with Gasteiger partial charge in [-0.05, 0) is 42.7 Å². The molecule has 0 aliphatic carbocycles. The SMILES string of the molecule is Nc1nccc2c1c(-c1ccc(CNS(=O)(=O)c3cc(F)cc(C(F)(F)F)c3)cc1)nn2[C@@H]1CCCN(C(=O)O)C1. The summed E-state index contributed by atoms with van der Waals surface area (Å²) >= 11 is 0. The Morgan fingerprint density at radius 1 is 1.15 bits per heavy atom. The Morgan fingerprint density at radius 2 is 1.88 bits per heavy atom. The highest BCUT2D eigenvalue weighted by Gasteiger charge is 2.33. The zero-order valence-corrected chi connectivity index (χ0v) is 22.1. The number of benzene rings is 2. The van der Waals surface area contributed by atoms with Crippen molar-refractivity contribution in [3.63, 3.8) is 0 Å². The fourth-order valence-corrected chi connectivity index (χ4v) is 5.92. The van der Waals surface area contributed by atoms with Crippen molar-refractivity contribution >= 4 is 32.8 Å². The predicted octanol–water partition coefficient (Wildman–Crippen LogP) is 4.63. The van der Waals surface area contributed by atoms with E-state index < -0.39 is 38.6 Å². The number of piperidine rings is 1. The molecule has 3 heterocycles. The predicted molar refractivity (Wildman–Crippen MR) is 141 cm³/mol.